The van der Waals surface area contributed by atoms with Gasteiger partial charge in [0, 0.05) is 11.4 Å². The predicted octanol–water partition coefficient (Wildman–Crippen LogP) is 3.36. The van der Waals surface area contributed by atoms with Crippen molar-refractivity contribution in [3.05, 3.63) is 35.6 Å². The fraction of sp³-hybridized carbons (Fsp3) is 0.400. The summed E-state index contributed by atoms with van der Waals surface area (Å²) in [7, 11) is 0. The second-order valence-electron chi connectivity index (χ2n) is 4.76. The summed E-state index contributed by atoms with van der Waals surface area (Å²) in [6.07, 6.45) is 3.12. The molecule has 0 saturated carbocycles. The van der Waals surface area contributed by atoms with Gasteiger partial charge in [-0.3, -0.25) is 0 Å². The highest BCUT2D eigenvalue weighted by atomic mass is 32.2. The van der Waals surface area contributed by atoms with Gasteiger partial charge in [0.25, 0.3) is 0 Å². The minimum Gasteiger partial charge on any atom is -0.478 e. The minimum absolute atomic E-state index is 0.269. The van der Waals surface area contributed by atoms with Crippen molar-refractivity contribution < 1.29 is 14.3 Å². The number of nitrogens with one attached hydrogen (secondary N) is 1. The third-order valence-electron chi connectivity index (χ3n) is 3.25. The van der Waals surface area contributed by atoms with Gasteiger partial charge < -0.3 is 14.8 Å². The molecule has 1 unspecified atom stereocenters. The topological polar surface area (TPSA) is 62.5 Å². The molecule has 1 heterocycles. The maximum Gasteiger partial charge on any atom is 0.339 e. The first kappa shape index (κ1) is 14.9. The zero-order chi connectivity index (χ0) is 14.5. The molecule has 2 aromatic rings. The zero-order valence-electron chi connectivity index (χ0n) is 11.7. The molecule has 20 heavy (non-hydrogen) atoms. The first-order valence-electron chi connectivity index (χ1n) is 6.59. The maximum absolute atomic E-state index is 11.4. The fourth-order valence-corrected chi connectivity index (χ4v) is 2.71. The quantitative estimate of drug-likeness (QED) is 0.819. The van der Waals surface area contributed by atoms with E-state index in [9.17, 15) is 9.90 Å². The van der Waals surface area contributed by atoms with E-state index in [0.29, 0.717) is 29.3 Å². The molecular weight excluding hydrogens is 274 g/mol. The highest BCUT2D eigenvalue weighted by Crippen LogP contribution is 2.25. The second kappa shape index (κ2) is 6.81. The van der Waals surface area contributed by atoms with Crippen molar-refractivity contribution in [1.29, 1.82) is 0 Å². The van der Waals surface area contributed by atoms with Crippen LogP contribution in [0, 0.1) is 0 Å². The summed E-state index contributed by atoms with van der Waals surface area (Å²) >= 11 is 1.81. The summed E-state index contributed by atoms with van der Waals surface area (Å²) in [6, 6.07) is 7.57. The van der Waals surface area contributed by atoms with E-state index in [1.807, 2.05) is 12.1 Å². The van der Waals surface area contributed by atoms with Crippen LogP contribution in [0.5, 0.6) is 0 Å². The van der Waals surface area contributed by atoms with Crippen molar-refractivity contribution in [3.8, 4) is 0 Å². The van der Waals surface area contributed by atoms with Gasteiger partial charge in [-0.1, -0.05) is 18.2 Å². The summed E-state index contributed by atoms with van der Waals surface area (Å²) in [5.41, 5.74) is 0.892. The van der Waals surface area contributed by atoms with E-state index in [4.69, 9.17) is 4.42 Å². The Hall–Kier alpha value is -1.46. The average Bonchev–Trinajstić information content (AvgIpc) is 2.81. The molecule has 1 aromatic carbocycles. The Kier molecular flexibility index (Phi) is 5.09. The molecule has 0 bridgehead atoms. The van der Waals surface area contributed by atoms with Gasteiger partial charge in [-0.15, -0.1) is 0 Å². The first-order valence-corrected chi connectivity index (χ1v) is 7.99. The normalized spacial score (nSPS) is 12.7. The Balaban J connectivity index is 2.17. The summed E-state index contributed by atoms with van der Waals surface area (Å²) in [6.45, 7) is 2.53. The summed E-state index contributed by atoms with van der Waals surface area (Å²) in [5.74, 6) is 0.637. The van der Waals surface area contributed by atoms with Crippen molar-refractivity contribution >= 4 is 28.7 Å². The predicted molar refractivity (Wildman–Crippen MR) is 82.5 cm³/mol. The Labute approximate surface area is 122 Å². The number of carboxylic acid groups (broad SMARTS) is 1. The molecule has 5 heteroatoms. The number of para-hydroxylation sites is 1. The lowest BCUT2D eigenvalue weighted by molar-refractivity contribution is 0.0696. The van der Waals surface area contributed by atoms with E-state index >= 15 is 0 Å². The second-order valence-corrected chi connectivity index (χ2v) is 5.75. The first-order chi connectivity index (χ1) is 9.63. The number of carboxylic acids is 1. The van der Waals surface area contributed by atoms with Crippen LogP contribution in [0.1, 0.15) is 29.5 Å². The van der Waals surface area contributed by atoms with Gasteiger partial charge in [0.2, 0.25) is 0 Å². The average molecular weight is 293 g/mol. The molecule has 0 aliphatic carbocycles. The maximum atomic E-state index is 11.4. The largest absolute Gasteiger partial charge is 0.478 e. The van der Waals surface area contributed by atoms with Crippen LogP contribution in [0.4, 0.5) is 0 Å². The van der Waals surface area contributed by atoms with Crippen LogP contribution in [-0.2, 0) is 6.54 Å². The van der Waals surface area contributed by atoms with Crippen LogP contribution in [-0.4, -0.2) is 29.1 Å². The number of hydrogen-bond acceptors (Lipinski definition) is 4. The number of aromatic carboxylic acids is 1. The number of hydrogen-bond donors (Lipinski definition) is 2. The van der Waals surface area contributed by atoms with E-state index in [0.717, 1.165) is 12.2 Å². The highest BCUT2D eigenvalue weighted by Gasteiger charge is 2.19. The molecule has 0 aliphatic heterocycles. The number of fused-ring (bicyclic) bond motifs is 1. The van der Waals surface area contributed by atoms with Crippen LogP contribution in [0.15, 0.2) is 28.7 Å². The van der Waals surface area contributed by atoms with E-state index in [1.54, 1.807) is 23.9 Å². The Morgan fingerprint density at radius 3 is 2.90 bits per heavy atom. The third-order valence-corrected chi connectivity index (χ3v) is 3.89. The SMILES string of the molecule is CSCCC(C)NCc1oc2ccccc2c1C(=O)O. The van der Waals surface area contributed by atoms with Gasteiger partial charge in [0.1, 0.15) is 16.9 Å². The summed E-state index contributed by atoms with van der Waals surface area (Å²) in [4.78, 5) is 11.4. The van der Waals surface area contributed by atoms with E-state index in [-0.39, 0.29) is 5.56 Å². The molecular formula is C15H19NO3S. The number of benzene rings is 1. The smallest absolute Gasteiger partial charge is 0.339 e. The molecule has 0 aliphatic rings. The van der Waals surface area contributed by atoms with Crippen LogP contribution in [0.25, 0.3) is 11.0 Å². The molecule has 1 atom stereocenters. The van der Waals surface area contributed by atoms with E-state index in [2.05, 4.69) is 18.5 Å². The van der Waals surface area contributed by atoms with Crippen molar-refractivity contribution in [2.75, 3.05) is 12.0 Å². The molecule has 0 spiro atoms. The van der Waals surface area contributed by atoms with Gasteiger partial charge in [0.05, 0.1) is 6.54 Å². The number of carbonyl (C=O) groups is 1. The van der Waals surface area contributed by atoms with Gasteiger partial charge in [-0.05, 0) is 31.4 Å². The van der Waals surface area contributed by atoms with Crippen LogP contribution in [0.2, 0.25) is 0 Å². The van der Waals surface area contributed by atoms with E-state index < -0.39 is 5.97 Å². The molecule has 4 nitrogen and oxygen atoms in total. The number of furan rings is 1. The van der Waals surface area contributed by atoms with Crippen molar-refractivity contribution in [1.82, 2.24) is 5.32 Å². The Morgan fingerprint density at radius 2 is 2.20 bits per heavy atom. The van der Waals surface area contributed by atoms with Gasteiger partial charge in [-0.2, -0.15) is 11.8 Å². The lowest BCUT2D eigenvalue weighted by atomic mass is 10.1. The monoisotopic (exact) mass is 293 g/mol. The molecule has 0 saturated heterocycles. The van der Waals surface area contributed by atoms with Crippen molar-refractivity contribution in [2.45, 2.75) is 25.9 Å². The van der Waals surface area contributed by atoms with E-state index in [1.165, 1.54) is 0 Å². The third kappa shape index (κ3) is 3.35. The molecule has 108 valence electrons. The van der Waals surface area contributed by atoms with Gasteiger partial charge in [0.15, 0.2) is 0 Å². The Morgan fingerprint density at radius 1 is 1.45 bits per heavy atom. The highest BCUT2D eigenvalue weighted by molar-refractivity contribution is 7.98. The van der Waals surface area contributed by atoms with Crippen molar-refractivity contribution in [2.24, 2.45) is 0 Å². The van der Waals surface area contributed by atoms with Crippen LogP contribution >= 0.6 is 11.8 Å². The molecule has 1 aromatic heterocycles. The lowest BCUT2D eigenvalue weighted by Crippen LogP contribution is -2.26. The molecule has 0 fully saturated rings. The number of thioether (sulfide) groups is 1. The van der Waals surface area contributed by atoms with Crippen LogP contribution in [0.3, 0.4) is 0 Å². The fourth-order valence-electron chi connectivity index (χ4n) is 2.12. The number of rotatable bonds is 7. The standard InChI is InChI=1S/C15H19NO3S/c1-10(7-8-20-2)16-9-13-14(15(17)18)11-5-3-4-6-12(11)19-13/h3-6,10,16H,7-9H2,1-2H3,(H,17,18). The lowest BCUT2D eigenvalue weighted by Gasteiger charge is -2.12. The zero-order valence-corrected chi connectivity index (χ0v) is 12.5. The molecule has 0 amide bonds. The molecule has 2 rings (SSSR count). The molecule has 2 N–H and O–H groups in total. The van der Waals surface area contributed by atoms with Gasteiger partial charge in [-0.25, -0.2) is 4.79 Å². The minimum atomic E-state index is -0.941. The summed E-state index contributed by atoms with van der Waals surface area (Å²) < 4.78 is 5.67. The summed E-state index contributed by atoms with van der Waals surface area (Å²) in [5, 5.41) is 13.3. The van der Waals surface area contributed by atoms with Crippen molar-refractivity contribution in [3.63, 3.8) is 0 Å². The Bertz CT molecular complexity index is 594. The molecule has 0 radical (unpaired) electrons. The van der Waals surface area contributed by atoms with Gasteiger partial charge >= 0.3 is 5.97 Å². The van der Waals surface area contributed by atoms with Crippen LogP contribution < -0.4 is 5.32 Å².